The van der Waals surface area contributed by atoms with Gasteiger partial charge in [0.25, 0.3) is 0 Å². The molecule has 6 atom stereocenters. The summed E-state index contributed by atoms with van der Waals surface area (Å²) in [5.74, 6) is -2.14. The van der Waals surface area contributed by atoms with Crippen LogP contribution in [0, 0.1) is 11.8 Å². The number of aliphatic hydroxyl groups is 1. The maximum atomic E-state index is 14.4. The standard InChI is InChI=1S/C30H41N3O5/c1-5-8-12-19-32(18-7-3)29(37)26-30-16-15-23(38-30)24(27(35)31(4)17-6-2)25(30)28(36)33(26)22(20-34)21-13-10-9-11-14-21/h6-7,9-11,13-14,22-26,34H,2-3,5,8,12,15-20H2,1,4H3/t22-,23+,24-,25+,26?,30?/m1/s1. The minimum Gasteiger partial charge on any atom is -0.394 e. The van der Waals surface area contributed by atoms with Crippen LogP contribution in [0.5, 0.6) is 0 Å². The molecular formula is C30H41N3O5. The lowest BCUT2D eigenvalue weighted by atomic mass is 9.70. The molecule has 0 aromatic heterocycles. The number of fused-ring (bicyclic) bond motifs is 1. The lowest BCUT2D eigenvalue weighted by Crippen LogP contribution is -2.57. The Labute approximate surface area is 225 Å². The summed E-state index contributed by atoms with van der Waals surface area (Å²) in [6.45, 7) is 10.6. The van der Waals surface area contributed by atoms with E-state index in [0.29, 0.717) is 32.5 Å². The minimum absolute atomic E-state index is 0.172. The minimum atomic E-state index is -1.11. The molecular weight excluding hydrogens is 482 g/mol. The first-order chi connectivity index (χ1) is 18.4. The zero-order valence-electron chi connectivity index (χ0n) is 22.6. The van der Waals surface area contributed by atoms with Crippen LogP contribution in [0.3, 0.4) is 0 Å². The monoisotopic (exact) mass is 523 g/mol. The van der Waals surface area contributed by atoms with Crippen LogP contribution in [0.2, 0.25) is 0 Å². The van der Waals surface area contributed by atoms with E-state index in [9.17, 15) is 19.5 Å². The van der Waals surface area contributed by atoms with Gasteiger partial charge in [0.1, 0.15) is 11.6 Å². The second-order valence-corrected chi connectivity index (χ2v) is 10.7. The van der Waals surface area contributed by atoms with Crippen molar-refractivity contribution in [3.05, 3.63) is 61.2 Å². The molecule has 1 spiro atoms. The van der Waals surface area contributed by atoms with Gasteiger partial charge in [-0.2, -0.15) is 0 Å². The third-order valence-electron chi connectivity index (χ3n) is 8.42. The van der Waals surface area contributed by atoms with Crippen LogP contribution in [0.1, 0.15) is 50.6 Å². The van der Waals surface area contributed by atoms with Crippen molar-refractivity contribution < 1.29 is 24.2 Å². The summed E-state index contributed by atoms with van der Waals surface area (Å²) in [5, 5.41) is 10.6. The van der Waals surface area contributed by atoms with Gasteiger partial charge in [-0.05, 0) is 24.8 Å². The Hall–Kier alpha value is -2.97. The molecule has 1 aromatic rings. The van der Waals surface area contributed by atoms with Gasteiger partial charge in [0.2, 0.25) is 17.7 Å². The average Bonchev–Trinajstić information content (AvgIpc) is 3.56. The number of hydrogen-bond acceptors (Lipinski definition) is 5. The van der Waals surface area contributed by atoms with Gasteiger partial charge in [-0.15, -0.1) is 13.2 Å². The van der Waals surface area contributed by atoms with Crippen LogP contribution in [0.4, 0.5) is 0 Å². The number of likely N-dealkylation sites (tertiary alicyclic amines) is 1. The molecule has 0 saturated carbocycles. The van der Waals surface area contributed by atoms with E-state index >= 15 is 0 Å². The summed E-state index contributed by atoms with van der Waals surface area (Å²) in [5.41, 5.74) is -0.374. The first kappa shape index (κ1) is 28.0. The van der Waals surface area contributed by atoms with Crippen molar-refractivity contribution in [2.24, 2.45) is 11.8 Å². The summed E-state index contributed by atoms with van der Waals surface area (Å²) in [7, 11) is 1.70. The molecule has 2 bridgehead atoms. The van der Waals surface area contributed by atoms with Gasteiger partial charge in [0.15, 0.2) is 0 Å². The van der Waals surface area contributed by atoms with E-state index in [4.69, 9.17) is 4.74 Å². The van der Waals surface area contributed by atoms with Crippen LogP contribution in [0.25, 0.3) is 0 Å². The summed E-state index contributed by atoms with van der Waals surface area (Å²) in [6, 6.07) is 7.60. The maximum Gasteiger partial charge on any atom is 0.248 e. The van der Waals surface area contributed by atoms with Gasteiger partial charge >= 0.3 is 0 Å². The van der Waals surface area contributed by atoms with E-state index in [1.807, 2.05) is 30.3 Å². The number of hydrogen-bond donors (Lipinski definition) is 1. The number of nitrogens with zero attached hydrogens (tertiary/aromatic N) is 3. The fourth-order valence-electron chi connectivity index (χ4n) is 6.73. The number of likely N-dealkylation sites (N-methyl/N-ethyl adjacent to an activating group) is 1. The van der Waals surface area contributed by atoms with Crippen LogP contribution < -0.4 is 0 Å². The van der Waals surface area contributed by atoms with Crippen molar-refractivity contribution in [1.29, 1.82) is 0 Å². The maximum absolute atomic E-state index is 14.4. The summed E-state index contributed by atoms with van der Waals surface area (Å²) >= 11 is 0. The third kappa shape index (κ3) is 4.69. The molecule has 2 unspecified atom stereocenters. The molecule has 8 heteroatoms. The average molecular weight is 524 g/mol. The van der Waals surface area contributed by atoms with E-state index in [-0.39, 0.29) is 24.3 Å². The summed E-state index contributed by atoms with van der Waals surface area (Å²) < 4.78 is 6.57. The highest BCUT2D eigenvalue weighted by Crippen LogP contribution is 2.60. The van der Waals surface area contributed by atoms with Crippen molar-refractivity contribution in [2.75, 3.05) is 33.3 Å². The highest BCUT2D eigenvalue weighted by Gasteiger charge is 2.75. The second kappa shape index (κ2) is 11.8. The van der Waals surface area contributed by atoms with Crippen molar-refractivity contribution in [3.63, 3.8) is 0 Å². The van der Waals surface area contributed by atoms with Gasteiger partial charge < -0.3 is 24.5 Å². The molecule has 3 amide bonds. The molecule has 3 aliphatic rings. The van der Waals surface area contributed by atoms with E-state index in [1.165, 1.54) is 4.90 Å². The van der Waals surface area contributed by atoms with Gasteiger partial charge in [-0.1, -0.05) is 62.2 Å². The smallest absolute Gasteiger partial charge is 0.248 e. The zero-order valence-corrected chi connectivity index (χ0v) is 22.6. The normalized spacial score (nSPS) is 28.2. The van der Waals surface area contributed by atoms with Crippen molar-refractivity contribution >= 4 is 17.7 Å². The first-order valence-corrected chi connectivity index (χ1v) is 13.8. The number of unbranched alkanes of at least 4 members (excludes halogenated alkanes) is 2. The molecule has 38 heavy (non-hydrogen) atoms. The highest BCUT2D eigenvalue weighted by atomic mass is 16.5. The molecule has 8 nitrogen and oxygen atoms in total. The summed E-state index contributed by atoms with van der Waals surface area (Å²) in [4.78, 5) is 47.2. The lowest BCUT2D eigenvalue weighted by Gasteiger charge is -2.39. The Morgan fingerprint density at radius 1 is 1.18 bits per heavy atom. The molecule has 1 N–H and O–H groups in total. The Morgan fingerprint density at radius 2 is 1.89 bits per heavy atom. The predicted octanol–water partition coefficient (Wildman–Crippen LogP) is 2.94. The van der Waals surface area contributed by atoms with Crippen LogP contribution >= 0.6 is 0 Å². The SMILES string of the molecule is C=CCN(C)C(=O)[C@@H]1[C@@H]2CCC3(O2)C(C(=O)N(CC=C)CCCCC)N([C@H](CO)c2ccccc2)C(=O)[C@H]13. The Morgan fingerprint density at radius 3 is 2.53 bits per heavy atom. The largest absolute Gasteiger partial charge is 0.394 e. The zero-order chi connectivity index (χ0) is 27.4. The number of ether oxygens (including phenoxy) is 1. The lowest BCUT2D eigenvalue weighted by molar-refractivity contribution is -0.151. The summed E-state index contributed by atoms with van der Waals surface area (Å²) in [6.07, 6.45) is 6.89. The van der Waals surface area contributed by atoms with E-state index < -0.39 is 35.6 Å². The number of rotatable bonds is 13. The van der Waals surface area contributed by atoms with Crippen LogP contribution in [0.15, 0.2) is 55.6 Å². The topological polar surface area (TPSA) is 90.4 Å². The third-order valence-corrected chi connectivity index (χ3v) is 8.42. The highest BCUT2D eigenvalue weighted by molar-refractivity contribution is 5.99. The number of benzene rings is 1. The first-order valence-electron chi connectivity index (χ1n) is 13.8. The van der Waals surface area contributed by atoms with Gasteiger partial charge in [0.05, 0.1) is 30.6 Å². The van der Waals surface area contributed by atoms with Crippen LogP contribution in [-0.2, 0) is 19.1 Å². The number of carbonyl (C=O) groups is 3. The molecule has 1 aromatic carbocycles. The fraction of sp³-hybridized carbons (Fsp3) is 0.567. The van der Waals surface area contributed by atoms with Crippen molar-refractivity contribution in [2.45, 2.75) is 62.8 Å². The molecule has 3 saturated heterocycles. The number of carbonyl (C=O) groups excluding carboxylic acids is 3. The van der Waals surface area contributed by atoms with Crippen LogP contribution in [-0.4, -0.2) is 88.6 Å². The Bertz CT molecular complexity index is 1050. The number of aliphatic hydroxyl groups excluding tert-OH is 1. The van der Waals surface area contributed by atoms with Crippen molar-refractivity contribution in [1.82, 2.24) is 14.7 Å². The van der Waals surface area contributed by atoms with Crippen molar-refractivity contribution in [3.8, 4) is 0 Å². The fourth-order valence-corrected chi connectivity index (χ4v) is 6.73. The molecule has 3 heterocycles. The van der Waals surface area contributed by atoms with E-state index in [1.54, 1.807) is 29.0 Å². The molecule has 4 rings (SSSR count). The van der Waals surface area contributed by atoms with E-state index in [2.05, 4.69) is 20.1 Å². The van der Waals surface area contributed by atoms with Gasteiger partial charge in [0, 0.05) is 26.7 Å². The molecule has 206 valence electrons. The van der Waals surface area contributed by atoms with Gasteiger partial charge in [-0.3, -0.25) is 14.4 Å². The second-order valence-electron chi connectivity index (χ2n) is 10.7. The molecule has 0 aliphatic carbocycles. The quantitative estimate of drug-likeness (QED) is 0.317. The number of amides is 3. The molecule has 3 aliphatic heterocycles. The molecule has 0 radical (unpaired) electrons. The van der Waals surface area contributed by atoms with Gasteiger partial charge in [-0.25, -0.2) is 0 Å². The predicted molar refractivity (Wildman–Crippen MR) is 145 cm³/mol. The molecule has 3 fully saturated rings. The Balaban J connectivity index is 1.79. The Kier molecular flexibility index (Phi) is 8.73. The van der Waals surface area contributed by atoms with E-state index in [0.717, 1.165) is 24.8 Å².